The third-order valence-corrected chi connectivity index (χ3v) is 3.98. The number of carbonyl (C=O) groups is 1. The van der Waals surface area contributed by atoms with Crippen molar-refractivity contribution in [2.45, 2.75) is 32.7 Å². The molecule has 1 aromatic carbocycles. The number of fused-ring (bicyclic) bond motifs is 1. The molecule has 0 spiro atoms. The van der Waals surface area contributed by atoms with Gasteiger partial charge in [-0.25, -0.2) is 0 Å². The third-order valence-electron chi connectivity index (χ3n) is 3.68. The van der Waals surface area contributed by atoms with E-state index in [0.29, 0.717) is 6.54 Å². The van der Waals surface area contributed by atoms with E-state index < -0.39 is 0 Å². The number of amides is 1. The minimum absolute atomic E-state index is 0.00150. The van der Waals surface area contributed by atoms with Crippen LogP contribution in [0.1, 0.15) is 25.3 Å². The predicted molar refractivity (Wildman–Crippen MR) is 81.8 cm³/mol. The van der Waals surface area contributed by atoms with Crippen molar-refractivity contribution >= 4 is 28.4 Å². The molecule has 1 fully saturated rings. The Hall–Kier alpha value is -1.48. The van der Waals surface area contributed by atoms with Crippen molar-refractivity contribution in [3.8, 4) is 0 Å². The second-order valence-electron chi connectivity index (χ2n) is 5.43. The molecule has 0 aliphatic heterocycles. The summed E-state index contributed by atoms with van der Waals surface area (Å²) in [7, 11) is 0. The Morgan fingerprint density at radius 3 is 2.90 bits per heavy atom. The van der Waals surface area contributed by atoms with Gasteiger partial charge in [-0.05, 0) is 36.8 Å². The molecule has 20 heavy (non-hydrogen) atoms. The molecule has 1 heterocycles. The minimum atomic E-state index is -0.00150. The highest BCUT2D eigenvalue weighted by atomic mass is 35.5. The van der Waals surface area contributed by atoms with Gasteiger partial charge in [0.05, 0.1) is 5.02 Å². The monoisotopic (exact) mass is 289 g/mol. The van der Waals surface area contributed by atoms with Crippen LogP contribution in [0.3, 0.4) is 0 Å². The van der Waals surface area contributed by atoms with Gasteiger partial charge in [0.25, 0.3) is 0 Å². The Balaban J connectivity index is 1.83. The molecule has 1 aromatic heterocycles. The number of rotatable bonds is 5. The highest BCUT2D eigenvalue weighted by Gasteiger charge is 2.22. The average molecular weight is 290 g/mol. The van der Waals surface area contributed by atoms with Crippen LogP contribution < -0.4 is 5.32 Å². The number of benzene rings is 1. The van der Waals surface area contributed by atoms with Crippen molar-refractivity contribution in [2.75, 3.05) is 6.54 Å². The molecule has 3 nitrogen and oxygen atoms in total. The van der Waals surface area contributed by atoms with Crippen molar-refractivity contribution in [2.24, 2.45) is 0 Å². The zero-order valence-electron chi connectivity index (χ0n) is 11.6. The Kier molecular flexibility index (Phi) is 3.70. The van der Waals surface area contributed by atoms with Crippen molar-refractivity contribution in [1.82, 2.24) is 9.88 Å². The van der Waals surface area contributed by atoms with Gasteiger partial charge in [-0.2, -0.15) is 0 Å². The summed E-state index contributed by atoms with van der Waals surface area (Å²) in [5.74, 6) is 1.63. The summed E-state index contributed by atoms with van der Waals surface area (Å²) in [6.45, 7) is 2.89. The fourth-order valence-corrected chi connectivity index (χ4v) is 2.77. The van der Waals surface area contributed by atoms with Crippen LogP contribution in [-0.4, -0.2) is 17.0 Å². The van der Waals surface area contributed by atoms with Crippen molar-refractivity contribution < 1.29 is 4.79 Å². The summed E-state index contributed by atoms with van der Waals surface area (Å²) in [5.41, 5.74) is 2.50. The lowest BCUT2D eigenvalue weighted by atomic mass is 10.1. The van der Waals surface area contributed by atoms with Gasteiger partial charge >= 0.3 is 0 Å². The molecule has 2 aromatic rings. The van der Waals surface area contributed by atoms with Crippen molar-refractivity contribution in [1.29, 1.82) is 0 Å². The van der Waals surface area contributed by atoms with Crippen LogP contribution in [0.15, 0.2) is 24.4 Å². The Bertz CT molecular complexity index is 643. The lowest BCUT2D eigenvalue weighted by molar-refractivity contribution is -0.118. The van der Waals surface area contributed by atoms with Crippen molar-refractivity contribution in [3.63, 3.8) is 0 Å². The molecule has 1 amide bonds. The molecule has 4 heteroatoms. The second-order valence-corrected chi connectivity index (χ2v) is 5.84. The Morgan fingerprint density at radius 2 is 2.20 bits per heavy atom. The maximum atomic E-state index is 10.9. The van der Waals surface area contributed by atoms with Gasteiger partial charge in [-0.3, -0.25) is 4.79 Å². The molecule has 1 aliphatic carbocycles. The maximum Gasteiger partial charge on any atom is 0.216 e. The van der Waals surface area contributed by atoms with Gasteiger partial charge in [0.1, 0.15) is 0 Å². The highest BCUT2D eigenvalue weighted by Crippen LogP contribution is 2.36. The normalized spacial score (nSPS) is 14.7. The first-order valence-electron chi connectivity index (χ1n) is 6.99. The summed E-state index contributed by atoms with van der Waals surface area (Å²) < 4.78 is 2.12. The Morgan fingerprint density at radius 1 is 1.40 bits per heavy atom. The molecule has 0 saturated heterocycles. The topological polar surface area (TPSA) is 34.0 Å². The Labute approximate surface area is 123 Å². The quantitative estimate of drug-likeness (QED) is 0.900. The molecular formula is C16H18ClN2O. The fraction of sp³-hybridized carbons (Fsp3) is 0.375. The smallest absolute Gasteiger partial charge is 0.216 e. The average Bonchev–Trinajstić information content (AvgIpc) is 3.15. The molecular weight excluding hydrogens is 272 g/mol. The fourth-order valence-electron chi connectivity index (χ4n) is 2.49. The van der Waals surface area contributed by atoms with Gasteiger partial charge in [-0.1, -0.05) is 23.7 Å². The first-order valence-corrected chi connectivity index (χ1v) is 7.36. The van der Waals surface area contributed by atoms with Crippen LogP contribution >= 0.6 is 11.6 Å². The molecule has 1 radical (unpaired) electrons. The van der Waals surface area contributed by atoms with E-state index >= 15 is 0 Å². The van der Waals surface area contributed by atoms with E-state index in [1.54, 1.807) is 5.92 Å². The van der Waals surface area contributed by atoms with Crippen molar-refractivity contribution in [3.05, 3.63) is 40.9 Å². The van der Waals surface area contributed by atoms with Gasteiger partial charge in [0, 0.05) is 37.1 Å². The summed E-state index contributed by atoms with van der Waals surface area (Å²) in [6, 6.07) is 6.49. The highest BCUT2D eigenvalue weighted by molar-refractivity contribution is 6.35. The van der Waals surface area contributed by atoms with E-state index in [1.807, 2.05) is 6.20 Å². The molecule has 1 N–H and O–H groups in total. The molecule has 1 aliphatic rings. The van der Waals surface area contributed by atoms with E-state index in [4.69, 9.17) is 11.6 Å². The SMILES string of the molecule is CC(=O)NCCn1cc(Cl)c2ccc(C[C]3CC3)cc21. The van der Waals surface area contributed by atoms with E-state index in [-0.39, 0.29) is 5.91 Å². The number of hydrogen-bond acceptors (Lipinski definition) is 1. The van der Waals surface area contributed by atoms with Crippen LogP contribution in [0.4, 0.5) is 0 Å². The van der Waals surface area contributed by atoms with E-state index in [0.717, 1.165) is 28.9 Å². The molecule has 0 unspecified atom stereocenters. The summed E-state index contributed by atoms with van der Waals surface area (Å²) in [5, 5.41) is 4.67. The van der Waals surface area contributed by atoms with E-state index in [1.165, 1.54) is 25.3 Å². The van der Waals surface area contributed by atoms with Crippen LogP contribution in [-0.2, 0) is 17.8 Å². The van der Waals surface area contributed by atoms with Gasteiger partial charge in [0.15, 0.2) is 0 Å². The number of halogens is 1. The summed E-state index contributed by atoms with van der Waals surface area (Å²) in [6.07, 6.45) is 5.59. The minimum Gasteiger partial charge on any atom is -0.355 e. The standard InChI is InChI=1S/C16H18ClN2O/c1-11(20)18-6-7-19-10-15(17)14-5-4-13(9-16(14)19)8-12-2-3-12/h4-5,9-10H,2-3,6-8H2,1H3,(H,18,20). The summed E-state index contributed by atoms with van der Waals surface area (Å²) in [4.78, 5) is 10.9. The van der Waals surface area contributed by atoms with E-state index in [2.05, 4.69) is 28.1 Å². The first-order chi connectivity index (χ1) is 9.63. The number of aromatic nitrogens is 1. The van der Waals surface area contributed by atoms with Gasteiger partial charge < -0.3 is 9.88 Å². The lowest BCUT2D eigenvalue weighted by Crippen LogP contribution is -2.24. The van der Waals surface area contributed by atoms with Crippen LogP contribution in [0.2, 0.25) is 5.02 Å². The van der Waals surface area contributed by atoms with Gasteiger partial charge in [0.2, 0.25) is 5.91 Å². The van der Waals surface area contributed by atoms with Crippen LogP contribution in [0, 0.1) is 5.92 Å². The molecule has 0 bridgehead atoms. The van der Waals surface area contributed by atoms with Crippen LogP contribution in [0.5, 0.6) is 0 Å². The zero-order chi connectivity index (χ0) is 14.1. The number of carbonyl (C=O) groups excluding carboxylic acids is 1. The zero-order valence-corrected chi connectivity index (χ0v) is 12.3. The molecule has 1 saturated carbocycles. The number of nitrogens with one attached hydrogen (secondary N) is 1. The maximum absolute atomic E-state index is 10.9. The lowest BCUT2D eigenvalue weighted by Gasteiger charge is -2.07. The molecule has 3 rings (SSSR count). The van der Waals surface area contributed by atoms with E-state index in [9.17, 15) is 4.79 Å². The number of hydrogen-bond donors (Lipinski definition) is 1. The molecule has 105 valence electrons. The molecule has 0 atom stereocenters. The van der Waals surface area contributed by atoms with Gasteiger partial charge in [-0.15, -0.1) is 0 Å². The third kappa shape index (κ3) is 2.98. The first kappa shape index (κ1) is 13.5. The second kappa shape index (κ2) is 5.49. The number of nitrogens with zero attached hydrogens (tertiary/aromatic N) is 1. The largest absolute Gasteiger partial charge is 0.355 e. The van der Waals surface area contributed by atoms with Crippen LogP contribution in [0.25, 0.3) is 10.9 Å². The summed E-state index contributed by atoms with van der Waals surface area (Å²) >= 11 is 6.28. The predicted octanol–water partition coefficient (Wildman–Crippen LogP) is 3.34.